The van der Waals surface area contributed by atoms with Gasteiger partial charge in [0, 0.05) is 24.0 Å². The van der Waals surface area contributed by atoms with Gasteiger partial charge in [0.05, 0.1) is 6.42 Å². The zero-order valence-electron chi connectivity index (χ0n) is 11.9. The van der Waals surface area contributed by atoms with Gasteiger partial charge in [0.15, 0.2) is 0 Å². The first-order valence-electron chi connectivity index (χ1n) is 7.29. The third-order valence-electron chi connectivity index (χ3n) is 3.94. The first kappa shape index (κ1) is 16.0. The lowest BCUT2D eigenvalue weighted by atomic mass is 9.93. The molecule has 1 aromatic carbocycles. The molecular formula is C16H20BrNO3. The van der Waals surface area contributed by atoms with Crippen molar-refractivity contribution in [3.63, 3.8) is 0 Å². The maximum absolute atomic E-state index is 12.4. The molecule has 0 radical (unpaired) electrons. The number of amides is 1. The van der Waals surface area contributed by atoms with Crippen LogP contribution in [-0.2, 0) is 16.0 Å². The number of hydrogen-bond acceptors (Lipinski definition) is 2. The molecule has 0 spiro atoms. The molecular weight excluding hydrogens is 334 g/mol. The van der Waals surface area contributed by atoms with Crippen molar-refractivity contribution in [1.82, 2.24) is 4.90 Å². The largest absolute Gasteiger partial charge is 0.481 e. The Morgan fingerprint density at radius 3 is 2.81 bits per heavy atom. The summed E-state index contributed by atoms with van der Waals surface area (Å²) in [6.45, 7) is 1.48. The standard InChI is InChI=1S/C16H20BrNO3/c17-14-6-2-1-5-13(14)10-15(19)18-9-3-4-12(11-18)7-8-16(20)21/h1-2,5-6,12H,3-4,7-11H2,(H,20,21)/t12-/m0/s1. The van der Waals surface area contributed by atoms with E-state index in [1.165, 1.54) is 0 Å². The van der Waals surface area contributed by atoms with Crippen molar-refractivity contribution in [3.05, 3.63) is 34.3 Å². The summed E-state index contributed by atoms with van der Waals surface area (Å²) in [6.07, 6.45) is 3.23. The van der Waals surface area contributed by atoms with E-state index in [0.29, 0.717) is 25.3 Å². The highest BCUT2D eigenvalue weighted by Crippen LogP contribution is 2.23. The molecule has 1 amide bonds. The topological polar surface area (TPSA) is 57.6 Å². The molecule has 0 saturated carbocycles. The number of halogens is 1. The normalized spacial score (nSPS) is 18.5. The number of rotatable bonds is 5. The Morgan fingerprint density at radius 1 is 1.33 bits per heavy atom. The monoisotopic (exact) mass is 353 g/mol. The second-order valence-corrected chi connectivity index (χ2v) is 6.40. The van der Waals surface area contributed by atoms with Crippen LogP contribution in [0, 0.1) is 5.92 Å². The minimum absolute atomic E-state index is 0.127. The average molecular weight is 354 g/mol. The summed E-state index contributed by atoms with van der Waals surface area (Å²) in [5.74, 6) is -0.313. The first-order chi connectivity index (χ1) is 10.1. The van der Waals surface area contributed by atoms with E-state index in [4.69, 9.17) is 5.11 Å². The summed E-state index contributed by atoms with van der Waals surface area (Å²) in [7, 11) is 0. The summed E-state index contributed by atoms with van der Waals surface area (Å²) in [5, 5.41) is 8.76. The summed E-state index contributed by atoms with van der Waals surface area (Å²) < 4.78 is 0.956. The van der Waals surface area contributed by atoms with Crippen molar-refractivity contribution in [1.29, 1.82) is 0 Å². The van der Waals surface area contributed by atoms with Gasteiger partial charge >= 0.3 is 5.97 Å². The van der Waals surface area contributed by atoms with Crippen molar-refractivity contribution in [2.75, 3.05) is 13.1 Å². The van der Waals surface area contributed by atoms with E-state index in [1.807, 2.05) is 29.2 Å². The molecule has 114 valence electrons. The molecule has 1 heterocycles. The lowest BCUT2D eigenvalue weighted by Crippen LogP contribution is -2.40. The fraction of sp³-hybridized carbons (Fsp3) is 0.500. The van der Waals surface area contributed by atoms with Crippen LogP contribution in [0.1, 0.15) is 31.2 Å². The molecule has 0 aliphatic carbocycles. The highest BCUT2D eigenvalue weighted by molar-refractivity contribution is 9.10. The molecule has 1 saturated heterocycles. The highest BCUT2D eigenvalue weighted by Gasteiger charge is 2.24. The molecule has 4 nitrogen and oxygen atoms in total. The Bertz CT molecular complexity index is 518. The van der Waals surface area contributed by atoms with Crippen molar-refractivity contribution in [2.45, 2.75) is 32.1 Å². The van der Waals surface area contributed by atoms with E-state index < -0.39 is 5.97 Å². The second-order valence-electron chi connectivity index (χ2n) is 5.55. The van der Waals surface area contributed by atoms with Crippen LogP contribution in [0.2, 0.25) is 0 Å². The third-order valence-corrected chi connectivity index (χ3v) is 4.71. The van der Waals surface area contributed by atoms with E-state index >= 15 is 0 Å². The van der Waals surface area contributed by atoms with Crippen LogP contribution in [0.5, 0.6) is 0 Å². The molecule has 1 N–H and O–H groups in total. The van der Waals surface area contributed by atoms with Crippen molar-refractivity contribution in [2.24, 2.45) is 5.92 Å². The van der Waals surface area contributed by atoms with Crippen LogP contribution in [0.25, 0.3) is 0 Å². The van der Waals surface area contributed by atoms with Gasteiger partial charge in [0.25, 0.3) is 0 Å². The van der Waals surface area contributed by atoms with Gasteiger partial charge in [-0.1, -0.05) is 34.1 Å². The van der Waals surface area contributed by atoms with E-state index in [9.17, 15) is 9.59 Å². The van der Waals surface area contributed by atoms with Crippen LogP contribution in [0.15, 0.2) is 28.7 Å². The zero-order valence-corrected chi connectivity index (χ0v) is 13.5. The van der Waals surface area contributed by atoms with Gasteiger partial charge in [-0.2, -0.15) is 0 Å². The Labute approximate surface area is 133 Å². The Morgan fingerprint density at radius 2 is 2.10 bits per heavy atom. The second kappa shape index (κ2) is 7.59. The molecule has 1 fully saturated rings. The highest BCUT2D eigenvalue weighted by atomic mass is 79.9. The number of likely N-dealkylation sites (tertiary alicyclic amines) is 1. The third kappa shape index (κ3) is 4.84. The number of nitrogens with zero attached hydrogens (tertiary/aromatic N) is 1. The number of carbonyl (C=O) groups excluding carboxylic acids is 1. The van der Waals surface area contributed by atoms with Gasteiger partial charge in [-0.05, 0) is 36.8 Å². The number of carbonyl (C=O) groups is 2. The maximum Gasteiger partial charge on any atom is 0.303 e. The van der Waals surface area contributed by atoms with E-state index in [0.717, 1.165) is 29.4 Å². The number of carboxylic acids is 1. The molecule has 2 rings (SSSR count). The van der Waals surface area contributed by atoms with E-state index in [1.54, 1.807) is 0 Å². The molecule has 1 atom stereocenters. The van der Waals surface area contributed by atoms with Gasteiger partial charge in [0.2, 0.25) is 5.91 Å². The fourth-order valence-electron chi connectivity index (χ4n) is 2.77. The number of piperidine rings is 1. The molecule has 0 unspecified atom stereocenters. The minimum atomic E-state index is -0.758. The summed E-state index contributed by atoms with van der Waals surface area (Å²) in [5.41, 5.74) is 0.996. The van der Waals surface area contributed by atoms with E-state index in [-0.39, 0.29) is 12.3 Å². The zero-order chi connectivity index (χ0) is 15.2. The molecule has 1 aliphatic heterocycles. The Hall–Kier alpha value is -1.36. The minimum Gasteiger partial charge on any atom is -0.481 e. The molecule has 1 aromatic rings. The van der Waals surface area contributed by atoms with Gasteiger partial charge in [-0.15, -0.1) is 0 Å². The summed E-state index contributed by atoms with van der Waals surface area (Å²) in [4.78, 5) is 24.9. The average Bonchev–Trinajstić information content (AvgIpc) is 2.48. The van der Waals surface area contributed by atoms with Crippen molar-refractivity contribution >= 4 is 27.8 Å². The first-order valence-corrected chi connectivity index (χ1v) is 8.08. The molecule has 0 aromatic heterocycles. The van der Waals surface area contributed by atoms with Crippen LogP contribution >= 0.6 is 15.9 Å². The number of hydrogen-bond donors (Lipinski definition) is 1. The lowest BCUT2D eigenvalue weighted by molar-refractivity contribution is -0.137. The molecule has 1 aliphatic rings. The van der Waals surface area contributed by atoms with Gasteiger partial charge in [-0.3, -0.25) is 9.59 Å². The van der Waals surface area contributed by atoms with Crippen LogP contribution < -0.4 is 0 Å². The number of carboxylic acid groups (broad SMARTS) is 1. The lowest BCUT2D eigenvalue weighted by Gasteiger charge is -2.32. The maximum atomic E-state index is 12.4. The van der Waals surface area contributed by atoms with Gasteiger partial charge < -0.3 is 10.0 Å². The smallest absolute Gasteiger partial charge is 0.303 e. The van der Waals surface area contributed by atoms with Crippen molar-refractivity contribution < 1.29 is 14.7 Å². The SMILES string of the molecule is O=C(O)CC[C@@H]1CCCN(C(=O)Cc2ccccc2Br)C1. The van der Waals surface area contributed by atoms with E-state index in [2.05, 4.69) is 15.9 Å². The number of benzene rings is 1. The molecule has 21 heavy (non-hydrogen) atoms. The number of aliphatic carboxylic acids is 1. The summed E-state index contributed by atoms with van der Waals surface area (Å²) >= 11 is 3.47. The Balaban J connectivity index is 1.90. The molecule has 0 bridgehead atoms. The van der Waals surface area contributed by atoms with Gasteiger partial charge in [-0.25, -0.2) is 0 Å². The molecule has 5 heteroatoms. The van der Waals surface area contributed by atoms with Crippen LogP contribution in [0.4, 0.5) is 0 Å². The van der Waals surface area contributed by atoms with Crippen molar-refractivity contribution in [3.8, 4) is 0 Å². The predicted molar refractivity (Wildman–Crippen MR) is 84.0 cm³/mol. The fourth-order valence-corrected chi connectivity index (χ4v) is 3.20. The predicted octanol–water partition coefficient (Wildman–Crippen LogP) is 3.10. The Kier molecular flexibility index (Phi) is 5.79. The quantitative estimate of drug-likeness (QED) is 0.884. The van der Waals surface area contributed by atoms with Gasteiger partial charge in [0.1, 0.15) is 0 Å². The summed E-state index contributed by atoms with van der Waals surface area (Å²) in [6, 6.07) is 7.75. The van der Waals surface area contributed by atoms with Crippen LogP contribution in [0.3, 0.4) is 0 Å². The van der Waals surface area contributed by atoms with Crippen LogP contribution in [-0.4, -0.2) is 35.0 Å².